The summed E-state index contributed by atoms with van der Waals surface area (Å²) in [6, 6.07) is 3.40. The Balaban J connectivity index is 2.02. The molecule has 0 aliphatic rings. The predicted molar refractivity (Wildman–Crippen MR) is 63.1 cm³/mol. The standard InChI is InChI=1S/C10H7N5O2S/c11-3-6-1-2-12-10(14-6)13-4-8-15-7(5-18-8)9(16)17/h1-2,5H,4H2,(H,16,17)(H,12,13,14). The van der Waals surface area contributed by atoms with Gasteiger partial charge in [-0.3, -0.25) is 0 Å². The van der Waals surface area contributed by atoms with E-state index in [9.17, 15) is 4.79 Å². The topological polar surface area (TPSA) is 112 Å². The molecule has 0 saturated carbocycles. The van der Waals surface area contributed by atoms with Gasteiger partial charge in [-0.25, -0.2) is 19.7 Å². The summed E-state index contributed by atoms with van der Waals surface area (Å²) in [4.78, 5) is 22.4. The average molecular weight is 261 g/mol. The lowest BCUT2D eigenvalue weighted by atomic mass is 10.4. The smallest absolute Gasteiger partial charge is 0.355 e. The van der Waals surface area contributed by atoms with Gasteiger partial charge in [0, 0.05) is 11.6 Å². The van der Waals surface area contributed by atoms with Crippen molar-refractivity contribution in [2.75, 3.05) is 5.32 Å². The number of carboxylic acids is 1. The average Bonchev–Trinajstić information content (AvgIpc) is 2.85. The maximum Gasteiger partial charge on any atom is 0.355 e. The van der Waals surface area contributed by atoms with Crippen molar-refractivity contribution < 1.29 is 9.90 Å². The molecule has 90 valence electrons. The summed E-state index contributed by atoms with van der Waals surface area (Å²) in [5.74, 6) is -0.749. The number of carbonyl (C=O) groups is 1. The van der Waals surface area contributed by atoms with Crippen LogP contribution in [0.4, 0.5) is 5.95 Å². The Bertz CT molecular complexity index is 619. The van der Waals surface area contributed by atoms with Crippen LogP contribution in [0.2, 0.25) is 0 Å². The molecule has 0 fully saturated rings. The van der Waals surface area contributed by atoms with Crippen LogP contribution in [-0.4, -0.2) is 26.0 Å². The van der Waals surface area contributed by atoms with Crippen molar-refractivity contribution >= 4 is 23.3 Å². The third kappa shape index (κ3) is 2.78. The van der Waals surface area contributed by atoms with E-state index in [2.05, 4.69) is 20.3 Å². The number of nitrogens with one attached hydrogen (secondary N) is 1. The van der Waals surface area contributed by atoms with Gasteiger partial charge in [0.05, 0.1) is 6.54 Å². The minimum atomic E-state index is -1.06. The Morgan fingerprint density at radius 1 is 1.56 bits per heavy atom. The second-order valence-electron chi connectivity index (χ2n) is 3.16. The number of aromatic nitrogens is 3. The van der Waals surface area contributed by atoms with Gasteiger partial charge in [0.15, 0.2) is 5.69 Å². The minimum absolute atomic E-state index is 0.0171. The minimum Gasteiger partial charge on any atom is -0.476 e. The van der Waals surface area contributed by atoms with Crippen LogP contribution in [0.1, 0.15) is 21.2 Å². The first-order valence-electron chi connectivity index (χ1n) is 4.84. The fourth-order valence-corrected chi connectivity index (χ4v) is 1.86. The van der Waals surface area contributed by atoms with E-state index in [4.69, 9.17) is 10.4 Å². The monoisotopic (exact) mass is 261 g/mol. The highest BCUT2D eigenvalue weighted by atomic mass is 32.1. The van der Waals surface area contributed by atoms with Crippen LogP contribution in [0, 0.1) is 11.3 Å². The van der Waals surface area contributed by atoms with E-state index in [-0.39, 0.29) is 11.4 Å². The van der Waals surface area contributed by atoms with Gasteiger partial charge in [0.2, 0.25) is 5.95 Å². The fraction of sp³-hybridized carbons (Fsp3) is 0.100. The molecule has 8 heteroatoms. The quantitative estimate of drug-likeness (QED) is 0.847. The van der Waals surface area contributed by atoms with Gasteiger partial charge in [0.1, 0.15) is 16.8 Å². The van der Waals surface area contributed by atoms with Crippen molar-refractivity contribution in [2.24, 2.45) is 0 Å². The highest BCUT2D eigenvalue weighted by molar-refractivity contribution is 7.09. The molecule has 18 heavy (non-hydrogen) atoms. The van der Waals surface area contributed by atoms with Crippen molar-refractivity contribution in [2.45, 2.75) is 6.54 Å². The summed E-state index contributed by atoms with van der Waals surface area (Å²) in [5.41, 5.74) is 0.279. The van der Waals surface area contributed by atoms with E-state index in [1.807, 2.05) is 6.07 Å². The second-order valence-corrected chi connectivity index (χ2v) is 4.11. The first kappa shape index (κ1) is 11.9. The molecule has 0 amide bonds. The molecule has 2 rings (SSSR count). The van der Waals surface area contributed by atoms with Crippen molar-refractivity contribution in [1.29, 1.82) is 5.26 Å². The van der Waals surface area contributed by atoms with Crippen molar-refractivity contribution in [3.63, 3.8) is 0 Å². The largest absolute Gasteiger partial charge is 0.476 e. The van der Waals surface area contributed by atoms with Crippen LogP contribution >= 0.6 is 11.3 Å². The van der Waals surface area contributed by atoms with E-state index >= 15 is 0 Å². The van der Waals surface area contributed by atoms with Crippen LogP contribution in [0.5, 0.6) is 0 Å². The molecule has 0 saturated heterocycles. The number of thiazole rings is 1. The molecule has 0 atom stereocenters. The van der Waals surface area contributed by atoms with Crippen LogP contribution in [0.25, 0.3) is 0 Å². The SMILES string of the molecule is N#Cc1ccnc(NCc2nc(C(=O)O)cs2)n1. The first-order valence-corrected chi connectivity index (χ1v) is 5.71. The lowest BCUT2D eigenvalue weighted by Crippen LogP contribution is -2.04. The Morgan fingerprint density at radius 3 is 3.06 bits per heavy atom. The van der Waals surface area contributed by atoms with Gasteiger partial charge < -0.3 is 10.4 Å². The van der Waals surface area contributed by atoms with E-state index < -0.39 is 5.97 Å². The maximum absolute atomic E-state index is 10.6. The molecule has 2 heterocycles. The van der Waals surface area contributed by atoms with Gasteiger partial charge in [-0.15, -0.1) is 11.3 Å². The van der Waals surface area contributed by atoms with Crippen molar-refractivity contribution in [1.82, 2.24) is 15.0 Å². The molecule has 0 aliphatic heterocycles. The Kier molecular flexibility index (Phi) is 3.45. The number of aromatic carboxylic acids is 1. The summed E-state index contributed by atoms with van der Waals surface area (Å²) in [7, 11) is 0. The number of nitrogens with zero attached hydrogens (tertiary/aromatic N) is 4. The van der Waals surface area contributed by atoms with Crippen LogP contribution in [-0.2, 0) is 6.54 Å². The number of nitriles is 1. The predicted octanol–water partition coefficient (Wildman–Crippen LogP) is 1.12. The summed E-state index contributed by atoms with van der Waals surface area (Å²) < 4.78 is 0. The van der Waals surface area contributed by atoms with E-state index in [1.54, 1.807) is 0 Å². The summed E-state index contributed by atoms with van der Waals surface area (Å²) in [6.07, 6.45) is 1.47. The second kappa shape index (κ2) is 5.20. The highest BCUT2D eigenvalue weighted by Gasteiger charge is 2.08. The molecule has 2 aromatic rings. The zero-order valence-corrected chi connectivity index (χ0v) is 9.81. The number of anilines is 1. The first-order chi connectivity index (χ1) is 8.69. The Hall–Kier alpha value is -2.53. The molecule has 0 radical (unpaired) electrons. The van der Waals surface area contributed by atoms with E-state index in [0.29, 0.717) is 17.5 Å². The summed E-state index contributed by atoms with van der Waals surface area (Å²) >= 11 is 1.23. The Labute approximate surface area is 106 Å². The molecule has 0 aromatic carbocycles. The zero-order chi connectivity index (χ0) is 13.0. The third-order valence-corrected chi connectivity index (χ3v) is 2.79. The summed E-state index contributed by atoms with van der Waals surface area (Å²) in [6.45, 7) is 0.312. The molecule has 2 N–H and O–H groups in total. The fourth-order valence-electron chi connectivity index (χ4n) is 1.15. The number of hydrogen-bond acceptors (Lipinski definition) is 7. The van der Waals surface area contributed by atoms with Crippen molar-refractivity contribution in [3.05, 3.63) is 34.0 Å². The molecule has 2 aromatic heterocycles. The molecule has 0 aliphatic carbocycles. The molecular formula is C10H7N5O2S. The number of rotatable bonds is 4. The third-order valence-electron chi connectivity index (χ3n) is 1.94. The van der Waals surface area contributed by atoms with Gasteiger partial charge in [-0.2, -0.15) is 5.26 Å². The number of carboxylic acid groups (broad SMARTS) is 1. The van der Waals surface area contributed by atoms with Crippen molar-refractivity contribution in [3.8, 4) is 6.07 Å². The lowest BCUT2D eigenvalue weighted by Gasteiger charge is -2.01. The van der Waals surface area contributed by atoms with Crippen LogP contribution < -0.4 is 5.32 Å². The molecule has 0 spiro atoms. The van der Waals surface area contributed by atoms with E-state index in [1.165, 1.54) is 29.0 Å². The van der Waals surface area contributed by atoms with E-state index in [0.717, 1.165) is 0 Å². The van der Waals surface area contributed by atoms with Gasteiger partial charge in [-0.05, 0) is 6.07 Å². The molecule has 7 nitrogen and oxygen atoms in total. The lowest BCUT2D eigenvalue weighted by molar-refractivity contribution is 0.0691. The zero-order valence-electron chi connectivity index (χ0n) is 8.99. The van der Waals surface area contributed by atoms with Gasteiger partial charge >= 0.3 is 5.97 Å². The summed E-state index contributed by atoms with van der Waals surface area (Å²) in [5, 5.41) is 22.3. The van der Waals surface area contributed by atoms with Gasteiger partial charge in [0.25, 0.3) is 0 Å². The molecule has 0 bridgehead atoms. The molecule has 0 unspecified atom stereocenters. The number of hydrogen-bond donors (Lipinski definition) is 2. The maximum atomic E-state index is 10.6. The Morgan fingerprint density at radius 2 is 2.39 bits per heavy atom. The van der Waals surface area contributed by atoms with Crippen LogP contribution in [0.15, 0.2) is 17.6 Å². The normalized spacial score (nSPS) is 9.72. The highest BCUT2D eigenvalue weighted by Crippen LogP contribution is 2.11. The van der Waals surface area contributed by atoms with Gasteiger partial charge in [-0.1, -0.05) is 0 Å². The van der Waals surface area contributed by atoms with Crippen LogP contribution in [0.3, 0.4) is 0 Å². The molecular weight excluding hydrogens is 254 g/mol.